The van der Waals surface area contributed by atoms with E-state index in [1.807, 2.05) is 37.3 Å². The Balaban J connectivity index is 2.41. The minimum atomic E-state index is -3.48. The van der Waals surface area contributed by atoms with Crippen LogP contribution in [0.25, 0.3) is 10.8 Å². The molecule has 108 valence electrons. The fourth-order valence-electron chi connectivity index (χ4n) is 2.09. The minimum Gasteiger partial charge on any atom is -0.328 e. The topological polar surface area (TPSA) is 63.4 Å². The maximum absolute atomic E-state index is 12.6. The molecule has 1 unspecified atom stereocenters. The third kappa shape index (κ3) is 3.00. The summed E-state index contributed by atoms with van der Waals surface area (Å²) in [4.78, 5) is 0.350. The predicted molar refractivity (Wildman–Crippen MR) is 82.0 cm³/mol. The summed E-state index contributed by atoms with van der Waals surface area (Å²) in [5.74, 6) is 0. The number of benzene rings is 2. The fourth-order valence-corrected chi connectivity index (χ4v) is 3.49. The van der Waals surface area contributed by atoms with Crippen molar-refractivity contribution < 1.29 is 8.42 Å². The van der Waals surface area contributed by atoms with E-state index in [2.05, 4.69) is 0 Å². The molecule has 0 saturated heterocycles. The van der Waals surface area contributed by atoms with Crippen LogP contribution >= 0.6 is 0 Å². The summed E-state index contributed by atoms with van der Waals surface area (Å²) < 4.78 is 26.7. The minimum absolute atomic E-state index is 0.0137. The maximum Gasteiger partial charge on any atom is 0.243 e. The van der Waals surface area contributed by atoms with Crippen LogP contribution < -0.4 is 5.73 Å². The summed E-state index contributed by atoms with van der Waals surface area (Å²) in [5, 5.41) is 1.68. The lowest BCUT2D eigenvalue weighted by molar-refractivity contribution is 0.447. The molecule has 0 fully saturated rings. The molecule has 0 aromatic heterocycles. The van der Waals surface area contributed by atoms with E-state index >= 15 is 0 Å². The predicted octanol–water partition coefficient (Wildman–Crippen LogP) is 2.20. The summed E-state index contributed by atoms with van der Waals surface area (Å²) in [6, 6.07) is 12.8. The molecular weight excluding hydrogens is 272 g/mol. The molecule has 0 spiro atoms. The maximum atomic E-state index is 12.6. The van der Waals surface area contributed by atoms with Crippen molar-refractivity contribution in [1.82, 2.24) is 4.31 Å². The van der Waals surface area contributed by atoms with E-state index in [9.17, 15) is 8.42 Å². The van der Waals surface area contributed by atoms with Gasteiger partial charge in [0.1, 0.15) is 0 Å². The van der Waals surface area contributed by atoms with Crippen LogP contribution in [0.3, 0.4) is 0 Å². The summed E-state index contributed by atoms with van der Waals surface area (Å²) >= 11 is 0. The smallest absolute Gasteiger partial charge is 0.243 e. The summed E-state index contributed by atoms with van der Waals surface area (Å²) in [5.41, 5.74) is 5.69. The molecule has 0 amide bonds. The zero-order valence-corrected chi connectivity index (χ0v) is 12.6. The lowest BCUT2D eigenvalue weighted by Gasteiger charge is -2.19. The zero-order valence-electron chi connectivity index (χ0n) is 11.8. The molecule has 0 saturated carbocycles. The molecule has 5 heteroatoms. The van der Waals surface area contributed by atoms with Gasteiger partial charge < -0.3 is 5.73 Å². The molecule has 0 heterocycles. The Kier molecular flexibility index (Phi) is 4.42. The van der Waals surface area contributed by atoms with E-state index < -0.39 is 10.0 Å². The van der Waals surface area contributed by atoms with E-state index in [1.54, 1.807) is 19.2 Å². The second-order valence-corrected chi connectivity index (χ2v) is 7.08. The number of hydrogen-bond donors (Lipinski definition) is 1. The van der Waals surface area contributed by atoms with Gasteiger partial charge in [-0.3, -0.25) is 0 Å². The first-order valence-electron chi connectivity index (χ1n) is 6.62. The van der Waals surface area contributed by atoms with Crippen LogP contribution in [0.1, 0.15) is 13.3 Å². The van der Waals surface area contributed by atoms with Gasteiger partial charge in [0.15, 0.2) is 0 Å². The molecule has 2 aromatic carbocycles. The first-order valence-corrected chi connectivity index (χ1v) is 8.06. The zero-order chi connectivity index (χ0) is 14.8. The van der Waals surface area contributed by atoms with Crippen LogP contribution in [0, 0.1) is 0 Å². The standard InChI is InChI=1S/C15H20N2O2S/c1-12(16)10-11-17(2)20(18,19)15-9-5-7-13-6-3-4-8-14(13)15/h3-9,12H,10-11,16H2,1-2H3. The van der Waals surface area contributed by atoms with Crippen molar-refractivity contribution in [1.29, 1.82) is 0 Å². The Morgan fingerprint density at radius 2 is 1.80 bits per heavy atom. The van der Waals surface area contributed by atoms with Crippen LogP contribution in [0.4, 0.5) is 0 Å². The normalized spacial score (nSPS) is 13.8. The highest BCUT2D eigenvalue weighted by Crippen LogP contribution is 2.25. The molecule has 2 aromatic rings. The Bertz CT molecular complexity index is 691. The number of nitrogens with two attached hydrogens (primary N) is 1. The van der Waals surface area contributed by atoms with Gasteiger partial charge in [0.25, 0.3) is 0 Å². The number of nitrogens with zero attached hydrogens (tertiary/aromatic N) is 1. The lowest BCUT2D eigenvalue weighted by atomic mass is 10.1. The lowest BCUT2D eigenvalue weighted by Crippen LogP contribution is -2.31. The molecule has 0 bridgehead atoms. The van der Waals surface area contributed by atoms with E-state index in [-0.39, 0.29) is 6.04 Å². The second kappa shape index (κ2) is 5.91. The van der Waals surface area contributed by atoms with E-state index in [1.165, 1.54) is 4.31 Å². The highest BCUT2D eigenvalue weighted by atomic mass is 32.2. The van der Waals surface area contributed by atoms with Crippen LogP contribution in [0.2, 0.25) is 0 Å². The van der Waals surface area contributed by atoms with Gasteiger partial charge in [-0.15, -0.1) is 0 Å². The van der Waals surface area contributed by atoms with Crippen LogP contribution in [0.15, 0.2) is 47.4 Å². The van der Waals surface area contributed by atoms with Crippen molar-refractivity contribution in [3.05, 3.63) is 42.5 Å². The Morgan fingerprint density at radius 3 is 2.50 bits per heavy atom. The number of rotatable bonds is 5. The van der Waals surface area contributed by atoms with Gasteiger partial charge in [0.2, 0.25) is 10.0 Å². The van der Waals surface area contributed by atoms with Crippen LogP contribution in [0.5, 0.6) is 0 Å². The average molecular weight is 292 g/mol. The van der Waals surface area contributed by atoms with E-state index in [4.69, 9.17) is 5.73 Å². The van der Waals surface area contributed by atoms with Crippen molar-refractivity contribution in [2.75, 3.05) is 13.6 Å². The molecular formula is C15H20N2O2S. The second-order valence-electron chi connectivity index (χ2n) is 5.07. The first kappa shape index (κ1) is 15.0. The molecule has 0 aliphatic carbocycles. The van der Waals surface area contributed by atoms with Crippen molar-refractivity contribution in [3.8, 4) is 0 Å². The molecule has 2 rings (SSSR count). The van der Waals surface area contributed by atoms with Crippen molar-refractivity contribution in [2.24, 2.45) is 5.73 Å². The van der Waals surface area contributed by atoms with Gasteiger partial charge in [-0.25, -0.2) is 12.7 Å². The average Bonchev–Trinajstić information content (AvgIpc) is 2.43. The Labute approximate surface area is 120 Å². The summed E-state index contributed by atoms with van der Waals surface area (Å²) in [7, 11) is -1.89. The van der Waals surface area contributed by atoms with Crippen molar-refractivity contribution in [3.63, 3.8) is 0 Å². The highest BCUT2D eigenvalue weighted by molar-refractivity contribution is 7.89. The van der Waals surface area contributed by atoms with E-state index in [0.717, 1.165) is 10.8 Å². The summed E-state index contributed by atoms with van der Waals surface area (Å²) in [6.07, 6.45) is 0.639. The van der Waals surface area contributed by atoms with Gasteiger partial charge in [-0.2, -0.15) is 0 Å². The Morgan fingerprint density at radius 1 is 1.15 bits per heavy atom. The monoisotopic (exact) mass is 292 g/mol. The van der Waals surface area contributed by atoms with Gasteiger partial charge in [0, 0.05) is 25.0 Å². The van der Waals surface area contributed by atoms with Crippen LogP contribution in [-0.4, -0.2) is 32.4 Å². The molecule has 2 N–H and O–H groups in total. The third-order valence-electron chi connectivity index (χ3n) is 3.34. The van der Waals surface area contributed by atoms with Gasteiger partial charge in [-0.1, -0.05) is 36.4 Å². The highest BCUT2D eigenvalue weighted by Gasteiger charge is 2.22. The van der Waals surface area contributed by atoms with E-state index in [0.29, 0.717) is 17.9 Å². The molecule has 1 atom stereocenters. The molecule has 0 aliphatic rings. The molecule has 0 radical (unpaired) electrons. The van der Waals surface area contributed by atoms with Crippen molar-refractivity contribution in [2.45, 2.75) is 24.3 Å². The molecule has 4 nitrogen and oxygen atoms in total. The summed E-state index contributed by atoms with van der Waals surface area (Å²) in [6.45, 7) is 2.29. The van der Waals surface area contributed by atoms with Gasteiger partial charge >= 0.3 is 0 Å². The van der Waals surface area contributed by atoms with Crippen molar-refractivity contribution >= 4 is 20.8 Å². The first-order chi connectivity index (χ1) is 9.43. The quantitative estimate of drug-likeness (QED) is 0.919. The molecule has 20 heavy (non-hydrogen) atoms. The molecule has 0 aliphatic heterocycles. The van der Waals surface area contributed by atoms with Crippen LogP contribution in [-0.2, 0) is 10.0 Å². The number of fused-ring (bicyclic) bond motifs is 1. The fraction of sp³-hybridized carbons (Fsp3) is 0.333. The third-order valence-corrected chi connectivity index (χ3v) is 5.25. The number of hydrogen-bond acceptors (Lipinski definition) is 3. The largest absolute Gasteiger partial charge is 0.328 e. The SMILES string of the molecule is CC(N)CCN(C)S(=O)(=O)c1cccc2ccccc12. The number of sulfonamides is 1. The van der Waals surface area contributed by atoms with Gasteiger partial charge in [0.05, 0.1) is 4.90 Å². The Hall–Kier alpha value is -1.43. The van der Waals surface area contributed by atoms with Gasteiger partial charge in [-0.05, 0) is 24.8 Å².